The SMILES string of the molecule is CC(C)(CCCl)CNC(=O)c1cc(Br)ccc1Cl. The van der Waals surface area contributed by atoms with E-state index in [1.54, 1.807) is 18.2 Å². The molecule has 0 spiro atoms. The molecule has 0 aromatic heterocycles. The molecule has 1 rings (SSSR count). The summed E-state index contributed by atoms with van der Waals surface area (Å²) in [4.78, 5) is 12.0. The predicted octanol–water partition coefficient (Wildman–Crippen LogP) is 4.49. The van der Waals surface area contributed by atoms with Gasteiger partial charge in [0.2, 0.25) is 0 Å². The van der Waals surface area contributed by atoms with Gasteiger partial charge in [0.25, 0.3) is 5.91 Å². The standard InChI is InChI=1S/C13H16BrCl2NO/c1-13(2,5-6-15)8-17-12(18)10-7-9(14)3-4-11(10)16/h3-4,7H,5-6,8H2,1-2H3,(H,17,18). The zero-order valence-electron chi connectivity index (χ0n) is 10.4. The summed E-state index contributed by atoms with van der Waals surface area (Å²) in [6.07, 6.45) is 0.848. The Morgan fingerprint density at radius 3 is 2.72 bits per heavy atom. The maximum Gasteiger partial charge on any atom is 0.252 e. The molecule has 0 radical (unpaired) electrons. The fourth-order valence-corrected chi connectivity index (χ4v) is 2.51. The number of amides is 1. The van der Waals surface area contributed by atoms with Crippen molar-refractivity contribution >= 4 is 45.0 Å². The van der Waals surface area contributed by atoms with Crippen LogP contribution in [0.15, 0.2) is 22.7 Å². The number of nitrogens with one attached hydrogen (secondary N) is 1. The molecule has 0 heterocycles. The summed E-state index contributed by atoms with van der Waals surface area (Å²) in [7, 11) is 0. The molecule has 100 valence electrons. The third kappa shape index (κ3) is 4.79. The van der Waals surface area contributed by atoms with Crippen LogP contribution >= 0.6 is 39.1 Å². The van der Waals surface area contributed by atoms with E-state index in [-0.39, 0.29) is 11.3 Å². The minimum atomic E-state index is -0.163. The average Bonchev–Trinajstić information content (AvgIpc) is 2.29. The summed E-state index contributed by atoms with van der Waals surface area (Å²) < 4.78 is 0.831. The van der Waals surface area contributed by atoms with E-state index in [0.717, 1.165) is 10.9 Å². The van der Waals surface area contributed by atoms with Crippen molar-refractivity contribution < 1.29 is 4.79 Å². The largest absolute Gasteiger partial charge is 0.351 e. The van der Waals surface area contributed by atoms with Gasteiger partial charge < -0.3 is 5.32 Å². The van der Waals surface area contributed by atoms with Crippen LogP contribution in [0.2, 0.25) is 5.02 Å². The first kappa shape index (κ1) is 15.8. The fourth-order valence-electron chi connectivity index (χ4n) is 1.43. The lowest BCUT2D eigenvalue weighted by molar-refractivity contribution is 0.0936. The van der Waals surface area contributed by atoms with Crippen LogP contribution in [0.3, 0.4) is 0 Å². The first-order chi connectivity index (χ1) is 8.35. The lowest BCUT2D eigenvalue weighted by Gasteiger charge is -2.23. The fraction of sp³-hybridized carbons (Fsp3) is 0.462. The third-order valence-electron chi connectivity index (χ3n) is 2.67. The molecule has 0 aliphatic heterocycles. The van der Waals surface area contributed by atoms with Crippen molar-refractivity contribution in [3.8, 4) is 0 Å². The van der Waals surface area contributed by atoms with Gasteiger partial charge in [0.1, 0.15) is 0 Å². The number of hydrogen-bond acceptors (Lipinski definition) is 1. The van der Waals surface area contributed by atoms with Crippen molar-refractivity contribution in [3.05, 3.63) is 33.3 Å². The minimum absolute atomic E-state index is 0.0180. The summed E-state index contributed by atoms with van der Waals surface area (Å²) in [5.41, 5.74) is 0.461. The molecule has 0 saturated carbocycles. The van der Waals surface area contributed by atoms with E-state index in [1.165, 1.54) is 0 Å². The van der Waals surface area contributed by atoms with Gasteiger partial charge in [-0.2, -0.15) is 0 Å². The van der Waals surface area contributed by atoms with Crippen molar-refractivity contribution in [1.29, 1.82) is 0 Å². The highest BCUT2D eigenvalue weighted by Gasteiger charge is 2.19. The number of halogens is 3. The molecule has 0 fully saturated rings. The molecule has 1 amide bonds. The van der Waals surface area contributed by atoms with Crippen LogP contribution in [0, 0.1) is 5.41 Å². The quantitative estimate of drug-likeness (QED) is 0.777. The topological polar surface area (TPSA) is 29.1 Å². The maximum absolute atomic E-state index is 12.0. The van der Waals surface area contributed by atoms with Gasteiger partial charge in [0.15, 0.2) is 0 Å². The Kier molecular flexibility index (Phi) is 5.96. The normalized spacial score (nSPS) is 11.4. The Hall–Kier alpha value is -0.250. The van der Waals surface area contributed by atoms with Crippen molar-refractivity contribution in [2.24, 2.45) is 5.41 Å². The molecule has 0 atom stereocenters. The molecule has 0 aliphatic carbocycles. The number of benzene rings is 1. The van der Waals surface area contributed by atoms with E-state index in [2.05, 4.69) is 35.1 Å². The second-order valence-corrected chi connectivity index (χ2v) is 6.61. The first-order valence-electron chi connectivity index (χ1n) is 5.65. The van der Waals surface area contributed by atoms with Gasteiger partial charge in [-0.15, -0.1) is 11.6 Å². The predicted molar refractivity (Wildman–Crippen MR) is 80.6 cm³/mol. The molecule has 0 bridgehead atoms. The van der Waals surface area contributed by atoms with E-state index >= 15 is 0 Å². The molecular weight excluding hydrogens is 337 g/mol. The highest BCUT2D eigenvalue weighted by molar-refractivity contribution is 9.10. The van der Waals surface area contributed by atoms with Crippen LogP contribution in [0.25, 0.3) is 0 Å². The van der Waals surface area contributed by atoms with E-state index in [4.69, 9.17) is 23.2 Å². The van der Waals surface area contributed by atoms with Crippen LogP contribution in [-0.4, -0.2) is 18.3 Å². The van der Waals surface area contributed by atoms with E-state index < -0.39 is 0 Å². The van der Waals surface area contributed by atoms with E-state index in [0.29, 0.717) is 23.0 Å². The van der Waals surface area contributed by atoms with Gasteiger partial charge in [-0.05, 0) is 30.0 Å². The van der Waals surface area contributed by atoms with Crippen LogP contribution in [-0.2, 0) is 0 Å². The van der Waals surface area contributed by atoms with Gasteiger partial charge in [0, 0.05) is 16.9 Å². The van der Waals surface area contributed by atoms with Crippen molar-refractivity contribution in [2.75, 3.05) is 12.4 Å². The Morgan fingerprint density at radius 2 is 2.11 bits per heavy atom. The van der Waals surface area contributed by atoms with Crippen LogP contribution in [0.1, 0.15) is 30.6 Å². The molecule has 18 heavy (non-hydrogen) atoms. The average molecular weight is 353 g/mol. The third-order valence-corrected chi connectivity index (χ3v) is 3.68. The van der Waals surface area contributed by atoms with Gasteiger partial charge >= 0.3 is 0 Å². The number of rotatable bonds is 5. The molecule has 5 heteroatoms. The van der Waals surface area contributed by atoms with Crippen molar-refractivity contribution in [3.63, 3.8) is 0 Å². The Balaban J connectivity index is 2.69. The van der Waals surface area contributed by atoms with Crippen molar-refractivity contribution in [2.45, 2.75) is 20.3 Å². The molecule has 1 aromatic rings. The summed E-state index contributed by atoms with van der Waals surface area (Å²) in [5.74, 6) is 0.421. The van der Waals surface area contributed by atoms with E-state index in [1.807, 2.05) is 0 Å². The van der Waals surface area contributed by atoms with Gasteiger partial charge in [-0.25, -0.2) is 0 Å². The lowest BCUT2D eigenvalue weighted by atomic mass is 9.90. The minimum Gasteiger partial charge on any atom is -0.351 e. The molecule has 1 N–H and O–H groups in total. The zero-order chi connectivity index (χ0) is 13.8. The van der Waals surface area contributed by atoms with Gasteiger partial charge in [0.05, 0.1) is 10.6 Å². The van der Waals surface area contributed by atoms with Crippen molar-refractivity contribution in [1.82, 2.24) is 5.32 Å². The second kappa shape index (κ2) is 6.78. The Morgan fingerprint density at radius 1 is 1.44 bits per heavy atom. The smallest absolute Gasteiger partial charge is 0.252 e. The summed E-state index contributed by atoms with van der Waals surface area (Å²) in [6, 6.07) is 5.22. The Bertz CT molecular complexity index is 435. The molecule has 0 aliphatic rings. The summed E-state index contributed by atoms with van der Waals surface area (Å²) in [5, 5.41) is 3.34. The highest BCUT2D eigenvalue weighted by Crippen LogP contribution is 2.22. The number of carbonyl (C=O) groups excluding carboxylic acids is 1. The summed E-state index contributed by atoms with van der Waals surface area (Å²) in [6.45, 7) is 4.71. The van der Waals surface area contributed by atoms with E-state index in [9.17, 15) is 4.79 Å². The van der Waals surface area contributed by atoms with Crippen LogP contribution in [0.5, 0.6) is 0 Å². The highest BCUT2D eigenvalue weighted by atomic mass is 79.9. The number of carbonyl (C=O) groups is 1. The van der Waals surface area contributed by atoms with Crippen LogP contribution in [0.4, 0.5) is 0 Å². The maximum atomic E-state index is 12.0. The van der Waals surface area contributed by atoms with Gasteiger partial charge in [-0.1, -0.05) is 41.4 Å². The van der Waals surface area contributed by atoms with Crippen LogP contribution < -0.4 is 5.32 Å². The molecule has 0 saturated heterocycles. The van der Waals surface area contributed by atoms with Gasteiger partial charge in [-0.3, -0.25) is 4.79 Å². The molecule has 0 unspecified atom stereocenters. The monoisotopic (exact) mass is 351 g/mol. The lowest BCUT2D eigenvalue weighted by Crippen LogP contribution is -2.34. The number of alkyl halides is 1. The molecule has 1 aromatic carbocycles. The second-order valence-electron chi connectivity index (χ2n) is 4.91. The molecular formula is C13H16BrCl2NO. The number of hydrogen-bond donors (Lipinski definition) is 1. The Labute approximate surface area is 126 Å². The molecule has 2 nitrogen and oxygen atoms in total. The zero-order valence-corrected chi connectivity index (χ0v) is 13.5. The summed E-state index contributed by atoms with van der Waals surface area (Å²) >= 11 is 15.0. The first-order valence-corrected chi connectivity index (χ1v) is 7.35.